The molecule has 0 saturated heterocycles. The molecular formula is C9H18N2O3. The average molecular weight is 202 g/mol. The molecule has 82 valence electrons. The fourth-order valence-electron chi connectivity index (χ4n) is 1.86. The van der Waals surface area contributed by atoms with E-state index in [1.165, 1.54) is 0 Å². The molecule has 5 nitrogen and oxygen atoms in total. The van der Waals surface area contributed by atoms with E-state index >= 15 is 0 Å². The van der Waals surface area contributed by atoms with E-state index in [4.69, 9.17) is 10.8 Å². The van der Waals surface area contributed by atoms with Gasteiger partial charge in [-0.05, 0) is 12.8 Å². The number of nitrogens with one attached hydrogen (secondary N) is 1. The van der Waals surface area contributed by atoms with Gasteiger partial charge in [-0.25, -0.2) is 0 Å². The van der Waals surface area contributed by atoms with Crippen LogP contribution >= 0.6 is 0 Å². The normalized spacial score (nSPS) is 22.1. The van der Waals surface area contributed by atoms with E-state index in [1.54, 1.807) is 0 Å². The summed E-state index contributed by atoms with van der Waals surface area (Å²) in [6.45, 7) is 0.273. The van der Waals surface area contributed by atoms with Crippen molar-refractivity contribution in [2.75, 3.05) is 13.2 Å². The topological polar surface area (TPSA) is 95.6 Å². The Balaban J connectivity index is 2.38. The largest absolute Gasteiger partial charge is 0.480 e. The lowest BCUT2D eigenvalue weighted by Crippen LogP contribution is -2.52. The molecule has 1 rings (SSSR count). The highest BCUT2D eigenvalue weighted by Gasteiger charge is 2.33. The van der Waals surface area contributed by atoms with Crippen molar-refractivity contribution in [2.45, 2.75) is 37.3 Å². The molecule has 0 bridgehead atoms. The summed E-state index contributed by atoms with van der Waals surface area (Å²) in [6.07, 6.45) is 3.96. The molecule has 1 saturated carbocycles. The smallest absolute Gasteiger partial charge is 0.321 e. The zero-order chi connectivity index (χ0) is 10.6. The van der Waals surface area contributed by atoms with Crippen LogP contribution in [0.15, 0.2) is 0 Å². The predicted octanol–water partition coefficient (Wildman–Crippen LogP) is -0.707. The van der Waals surface area contributed by atoms with Crippen molar-refractivity contribution in [1.29, 1.82) is 0 Å². The van der Waals surface area contributed by atoms with Gasteiger partial charge in [0.05, 0.1) is 6.61 Å². The van der Waals surface area contributed by atoms with E-state index in [0.717, 1.165) is 25.7 Å². The van der Waals surface area contributed by atoms with Gasteiger partial charge in [-0.1, -0.05) is 12.8 Å². The first kappa shape index (κ1) is 11.4. The molecule has 0 spiro atoms. The van der Waals surface area contributed by atoms with Gasteiger partial charge in [0, 0.05) is 12.1 Å². The molecule has 0 aromatic heterocycles. The molecule has 1 atom stereocenters. The number of hydrogen-bond acceptors (Lipinski definition) is 4. The number of aliphatic hydroxyl groups is 1. The summed E-state index contributed by atoms with van der Waals surface area (Å²) < 4.78 is 0. The van der Waals surface area contributed by atoms with Crippen molar-refractivity contribution in [3.8, 4) is 0 Å². The zero-order valence-corrected chi connectivity index (χ0v) is 8.20. The lowest BCUT2D eigenvalue weighted by atomic mass is 9.98. The van der Waals surface area contributed by atoms with Crippen LogP contribution in [0.2, 0.25) is 0 Å². The number of carboxylic acids is 1. The van der Waals surface area contributed by atoms with Gasteiger partial charge < -0.3 is 21.3 Å². The SMILES string of the molecule is NC(CNC1(CO)CCCC1)C(=O)O. The molecule has 5 N–H and O–H groups in total. The zero-order valence-electron chi connectivity index (χ0n) is 8.20. The fourth-order valence-corrected chi connectivity index (χ4v) is 1.86. The first-order valence-electron chi connectivity index (χ1n) is 4.94. The molecule has 0 aromatic carbocycles. The van der Waals surface area contributed by atoms with Gasteiger partial charge in [-0.2, -0.15) is 0 Å². The first-order valence-corrected chi connectivity index (χ1v) is 4.94. The minimum atomic E-state index is -1.01. The number of nitrogens with two attached hydrogens (primary N) is 1. The minimum absolute atomic E-state index is 0.0549. The van der Waals surface area contributed by atoms with Crippen molar-refractivity contribution >= 4 is 5.97 Å². The molecule has 14 heavy (non-hydrogen) atoms. The van der Waals surface area contributed by atoms with Gasteiger partial charge in [0.1, 0.15) is 6.04 Å². The number of carboxylic acid groups (broad SMARTS) is 1. The molecule has 1 unspecified atom stereocenters. The maximum atomic E-state index is 10.5. The van der Waals surface area contributed by atoms with E-state index in [-0.39, 0.29) is 18.7 Å². The van der Waals surface area contributed by atoms with Gasteiger partial charge in [-0.15, -0.1) is 0 Å². The van der Waals surface area contributed by atoms with Crippen LogP contribution in [0.5, 0.6) is 0 Å². The summed E-state index contributed by atoms with van der Waals surface area (Å²) in [7, 11) is 0. The minimum Gasteiger partial charge on any atom is -0.480 e. The van der Waals surface area contributed by atoms with Crippen molar-refractivity contribution in [1.82, 2.24) is 5.32 Å². The van der Waals surface area contributed by atoms with E-state index in [0.29, 0.717) is 0 Å². The number of aliphatic carboxylic acids is 1. The van der Waals surface area contributed by atoms with Crippen LogP contribution < -0.4 is 11.1 Å². The Morgan fingerprint density at radius 1 is 1.50 bits per heavy atom. The van der Waals surface area contributed by atoms with Gasteiger partial charge in [0.15, 0.2) is 0 Å². The lowest BCUT2D eigenvalue weighted by Gasteiger charge is -2.28. The molecule has 0 radical (unpaired) electrons. The third kappa shape index (κ3) is 2.67. The number of carbonyl (C=O) groups is 1. The lowest BCUT2D eigenvalue weighted by molar-refractivity contribution is -0.138. The quantitative estimate of drug-likeness (QED) is 0.472. The van der Waals surface area contributed by atoms with Crippen molar-refractivity contribution in [3.05, 3.63) is 0 Å². The standard InChI is InChI=1S/C9H18N2O3/c10-7(8(13)14)5-11-9(6-12)3-1-2-4-9/h7,11-12H,1-6,10H2,(H,13,14). The van der Waals surface area contributed by atoms with E-state index in [9.17, 15) is 9.90 Å². The summed E-state index contributed by atoms with van der Waals surface area (Å²) in [5, 5.41) is 20.9. The van der Waals surface area contributed by atoms with Crippen molar-refractivity contribution < 1.29 is 15.0 Å². The maximum Gasteiger partial charge on any atom is 0.321 e. The molecule has 1 aliphatic rings. The number of rotatable bonds is 5. The summed E-state index contributed by atoms with van der Waals surface area (Å²) in [6, 6.07) is -0.890. The number of hydrogen-bond donors (Lipinski definition) is 4. The van der Waals surface area contributed by atoms with Crippen LogP contribution in [0, 0.1) is 0 Å². The van der Waals surface area contributed by atoms with Crippen molar-refractivity contribution in [3.63, 3.8) is 0 Å². The van der Waals surface area contributed by atoms with Crippen molar-refractivity contribution in [2.24, 2.45) is 5.73 Å². The van der Waals surface area contributed by atoms with Gasteiger partial charge >= 0.3 is 5.97 Å². The second-order valence-corrected chi connectivity index (χ2v) is 3.97. The molecule has 0 aliphatic heterocycles. The Hall–Kier alpha value is -0.650. The Morgan fingerprint density at radius 3 is 2.50 bits per heavy atom. The maximum absolute atomic E-state index is 10.5. The van der Waals surface area contributed by atoms with Gasteiger partial charge in [0.25, 0.3) is 0 Å². The predicted molar refractivity (Wildman–Crippen MR) is 51.9 cm³/mol. The van der Waals surface area contributed by atoms with Gasteiger partial charge in [-0.3, -0.25) is 4.79 Å². The fraction of sp³-hybridized carbons (Fsp3) is 0.889. The Bertz CT molecular complexity index is 202. The van der Waals surface area contributed by atoms with Gasteiger partial charge in [0.2, 0.25) is 0 Å². The van der Waals surface area contributed by atoms with E-state index in [1.807, 2.05) is 0 Å². The molecule has 5 heteroatoms. The number of aliphatic hydroxyl groups excluding tert-OH is 1. The van der Waals surface area contributed by atoms with Crippen LogP contribution in [0.25, 0.3) is 0 Å². The highest BCUT2D eigenvalue weighted by atomic mass is 16.4. The molecule has 0 amide bonds. The summed E-state index contributed by atoms with van der Waals surface area (Å²) in [5.41, 5.74) is 5.08. The second-order valence-electron chi connectivity index (χ2n) is 3.97. The summed E-state index contributed by atoms with van der Waals surface area (Å²) in [4.78, 5) is 10.5. The third-order valence-corrected chi connectivity index (χ3v) is 2.88. The second kappa shape index (κ2) is 4.72. The molecule has 0 heterocycles. The van der Waals surface area contributed by atoms with E-state index in [2.05, 4.69) is 5.32 Å². The average Bonchev–Trinajstić information content (AvgIpc) is 2.63. The highest BCUT2D eigenvalue weighted by molar-refractivity contribution is 5.73. The molecule has 0 aromatic rings. The molecule has 1 fully saturated rings. The van der Waals surface area contributed by atoms with Crippen LogP contribution in [0.3, 0.4) is 0 Å². The van der Waals surface area contributed by atoms with Crippen LogP contribution in [-0.4, -0.2) is 40.9 Å². The van der Waals surface area contributed by atoms with Crippen LogP contribution in [0.1, 0.15) is 25.7 Å². The third-order valence-electron chi connectivity index (χ3n) is 2.88. The Morgan fingerprint density at radius 2 is 2.07 bits per heavy atom. The monoisotopic (exact) mass is 202 g/mol. The highest BCUT2D eigenvalue weighted by Crippen LogP contribution is 2.28. The van der Waals surface area contributed by atoms with E-state index < -0.39 is 12.0 Å². The molecule has 1 aliphatic carbocycles. The van der Waals surface area contributed by atoms with Crippen LogP contribution in [0.4, 0.5) is 0 Å². The molecular weight excluding hydrogens is 184 g/mol. The van der Waals surface area contributed by atoms with Crippen LogP contribution in [-0.2, 0) is 4.79 Å². The summed E-state index contributed by atoms with van der Waals surface area (Å²) in [5.74, 6) is -1.01. The first-order chi connectivity index (χ1) is 6.59. The summed E-state index contributed by atoms with van der Waals surface area (Å²) >= 11 is 0. The Kier molecular flexibility index (Phi) is 3.86. The Labute approximate surface area is 83.3 Å².